The van der Waals surface area contributed by atoms with Gasteiger partial charge in [-0.2, -0.15) is 0 Å². The van der Waals surface area contributed by atoms with E-state index >= 15 is 0 Å². The van der Waals surface area contributed by atoms with E-state index in [4.69, 9.17) is 11.6 Å². The minimum Gasteiger partial charge on any atom is -0.123 e. The third-order valence-electron chi connectivity index (χ3n) is 3.44. The summed E-state index contributed by atoms with van der Waals surface area (Å²) in [5.41, 5.74) is 1.52. The van der Waals surface area contributed by atoms with E-state index in [0.717, 1.165) is 18.3 Å². The van der Waals surface area contributed by atoms with Crippen molar-refractivity contribution in [1.82, 2.24) is 0 Å². The number of rotatable bonds is 5. The zero-order valence-corrected chi connectivity index (χ0v) is 10.1. The van der Waals surface area contributed by atoms with E-state index < -0.39 is 0 Å². The Bertz CT molecular complexity index is 293. The maximum Gasteiger partial charge on any atom is 0.0333 e. The van der Waals surface area contributed by atoms with Crippen LogP contribution in [0.25, 0.3) is 0 Å². The molecule has 1 aromatic rings. The molecule has 0 N–H and O–H groups in total. The van der Waals surface area contributed by atoms with Crippen LogP contribution in [-0.4, -0.2) is 5.38 Å². The van der Waals surface area contributed by atoms with Crippen LogP contribution in [0.3, 0.4) is 0 Å². The van der Waals surface area contributed by atoms with Gasteiger partial charge in [-0.15, -0.1) is 11.6 Å². The van der Waals surface area contributed by atoms with Crippen LogP contribution in [-0.2, 0) is 0 Å². The van der Waals surface area contributed by atoms with E-state index in [1.54, 1.807) is 0 Å². The number of hydrogen-bond donors (Lipinski definition) is 0. The van der Waals surface area contributed by atoms with Crippen molar-refractivity contribution in [1.29, 1.82) is 0 Å². The number of benzene rings is 1. The molecule has 0 heterocycles. The fourth-order valence-corrected chi connectivity index (χ4v) is 2.40. The number of alkyl halides is 1. The molecule has 0 nitrogen and oxygen atoms in total. The molecule has 1 aromatic carbocycles. The maximum atomic E-state index is 6.13. The molecule has 0 radical (unpaired) electrons. The summed E-state index contributed by atoms with van der Waals surface area (Å²) in [7, 11) is 0. The summed E-state index contributed by atoms with van der Waals surface area (Å²) in [4.78, 5) is 0. The molecule has 82 valence electrons. The lowest BCUT2D eigenvalue weighted by Gasteiger charge is -2.05. The number of halogens is 1. The summed E-state index contributed by atoms with van der Waals surface area (Å²) in [6.45, 7) is 2.17. The summed E-state index contributed by atoms with van der Waals surface area (Å²) in [5.74, 6) is 1.73. The standard InChI is InChI=1S/C14H19Cl/c1-2-13(15)9-8-12-10-14(12)11-6-4-3-5-7-11/h3-7,12-14H,2,8-10H2,1H3. The molecule has 3 unspecified atom stereocenters. The Morgan fingerprint density at radius 1 is 1.33 bits per heavy atom. The second kappa shape index (κ2) is 5.03. The first-order valence-corrected chi connectivity index (χ1v) is 6.44. The monoisotopic (exact) mass is 222 g/mol. The third kappa shape index (κ3) is 2.98. The second-order valence-electron chi connectivity index (χ2n) is 4.60. The van der Waals surface area contributed by atoms with Gasteiger partial charge in [0, 0.05) is 5.38 Å². The molecule has 1 heteroatoms. The van der Waals surface area contributed by atoms with Gasteiger partial charge in [0.05, 0.1) is 0 Å². The van der Waals surface area contributed by atoms with E-state index in [1.807, 2.05) is 0 Å². The van der Waals surface area contributed by atoms with E-state index in [2.05, 4.69) is 37.3 Å². The lowest BCUT2D eigenvalue weighted by Crippen LogP contribution is -1.96. The highest BCUT2D eigenvalue weighted by molar-refractivity contribution is 6.20. The molecule has 0 aliphatic heterocycles. The average molecular weight is 223 g/mol. The Morgan fingerprint density at radius 3 is 2.73 bits per heavy atom. The summed E-state index contributed by atoms with van der Waals surface area (Å²) >= 11 is 6.13. The van der Waals surface area contributed by atoms with Gasteiger partial charge in [-0.1, -0.05) is 37.3 Å². The lowest BCUT2D eigenvalue weighted by atomic mass is 10.1. The quantitative estimate of drug-likeness (QED) is 0.640. The first-order chi connectivity index (χ1) is 7.31. The van der Waals surface area contributed by atoms with Crippen LogP contribution in [0.5, 0.6) is 0 Å². The van der Waals surface area contributed by atoms with Crippen molar-refractivity contribution in [3.05, 3.63) is 35.9 Å². The highest BCUT2D eigenvalue weighted by Gasteiger charge is 2.37. The molecule has 0 bridgehead atoms. The van der Waals surface area contributed by atoms with Crippen molar-refractivity contribution < 1.29 is 0 Å². The Hall–Kier alpha value is -0.490. The summed E-state index contributed by atoms with van der Waals surface area (Å²) in [6, 6.07) is 10.9. The van der Waals surface area contributed by atoms with Crippen LogP contribution >= 0.6 is 11.6 Å². The molecule has 3 atom stereocenters. The van der Waals surface area contributed by atoms with Crippen molar-refractivity contribution in [2.24, 2.45) is 5.92 Å². The van der Waals surface area contributed by atoms with Gasteiger partial charge in [-0.05, 0) is 43.1 Å². The summed E-state index contributed by atoms with van der Waals surface area (Å²) in [5, 5.41) is 0.391. The van der Waals surface area contributed by atoms with Gasteiger partial charge in [-0.3, -0.25) is 0 Å². The predicted molar refractivity (Wildman–Crippen MR) is 66.5 cm³/mol. The zero-order chi connectivity index (χ0) is 10.7. The molecule has 0 saturated heterocycles. The van der Waals surface area contributed by atoms with Gasteiger partial charge in [0.2, 0.25) is 0 Å². The smallest absolute Gasteiger partial charge is 0.0333 e. The molecule has 1 aliphatic rings. The maximum absolute atomic E-state index is 6.13. The van der Waals surface area contributed by atoms with Crippen LogP contribution in [0.1, 0.15) is 44.1 Å². The fourth-order valence-electron chi connectivity index (χ4n) is 2.27. The molecule has 0 spiro atoms. The van der Waals surface area contributed by atoms with Crippen LogP contribution in [0.15, 0.2) is 30.3 Å². The molecule has 1 aliphatic carbocycles. The molecular formula is C14H19Cl. The Kier molecular flexibility index (Phi) is 3.69. The largest absolute Gasteiger partial charge is 0.123 e. The normalized spacial score (nSPS) is 26.3. The van der Waals surface area contributed by atoms with E-state index in [1.165, 1.54) is 24.8 Å². The van der Waals surface area contributed by atoms with Gasteiger partial charge in [-0.25, -0.2) is 0 Å². The Morgan fingerprint density at radius 2 is 2.07 bits per heavy atom. The predicted octanol–water partition coefficient (Wildman–Crippen LogP) is 4.59. The second-order valence-corrected chi connectivity index (χ2v) is 5.21. The first kappa shape index (κ1) is 11.0. The van der Waals surface area contributed by atoms with Crippen LogP contribution < -0.4 is 0 Å². The zero-order valence-electron chi connectivity index (χ0n) is 9.33. The molecule has 2 rings (SSSR count). The topological polar surface area (TPSA) is 0 Å². The molecular weight excluding hydrogens is 204 g/mol. The minimum atomic E-state index is 0.391. The lowest BCUT2D eigenvalue weighted by molar-refractivity contribution is 0.615. The van der Waals surface area contributed by atoms with Crippen LogP contribution in [0.4, 0.5) is 0 Å². The Labute approximate surface area is 97.6 Å². The van der Waals surface area contributed by atoms with Crippen molar-refractivity contribution in [2.45, 2.75) is 43.9 Å². The SMILES string of the molecule is CCC(Cl)CCC1CC1c1ccccc1. The average Bonchev–Trinajstić information content (AvgIpc) is 3.06. The summed E-state index contributed by atoms with van der Waals surface area (Å²) < 4.78 is 0. The van der Waals surface area contributed by atoms with Crippen molar-refractivity contribution in [2.75, 3.05) is 0 Å². The van der Waals surface area contributed by atoms with Gasteiger partial charge < -0.3 is 0 Å². The molecule has 1 fully saturated rings. The van der Waals surface area contributed by atoms with Gasteiger partial charge in [0.25, 0.3) is 0 Å². The molecule has 0 aromatic heterocycles. The highest BCUT2D eigenvalue weighted by Crippen LogP contribution is 2.50. The molecule has 15 heavy (non-hydrogen) atoms. The van der Waals surface area contributed by atoms with Gasteiger partial charge in [0.1, 0.15) is 0 Å². The minimum absolute atomic E-state index is 0.391. The van der Waals surface area contributed by atoms with Gasteiger partial charge >= 0.3 is 0 Å². The fraction of sp³-hybridized carbons (Fsp3) is 0.571. The van der Waals surface area contributed by atoms with Crippen LogP contribution in [0.2, 0.25) is 0 Å². The molecule has 0 amide bonds. The van der Waals surface area contributed by atoms with Gasteiger partial charge in [0.15, 0.2) is 0 Å². The number of hydrogen-bond acceptors (Lipinski definition) is 0. The highest BCUT2D eigenvalue weighted by atomic mass is 35.5. The summed E-state index contributed by atoms with van der Waals surface area (Å²) in [6.07, 6.45) is 4.97. The van der Waals surface area contributed by atoms with E-state index in [-0.39, 0.29) is 0 Å². The van der Waals surface area contributed by atoms with Crippen molar-refractivity contribution in [3.63, 3.8) is 0 Å². The molecule has 1 saturated carbocycles. The van der Waals surface area contributed by atoms with Crippen molar-refractivity contribution in [3.8, 4) is 0 Å². The van der Waals surface area contributed by atoms with E-state index in [9.17, 15) is 0 Å². The Balaban J connectivity index is 1.77. The van der Waals surface area contributed by atoms with Crippen molar-refractivity contribution >= 4 is 11.6 Å². The van der Waals surface area contributed by atoms with E-state index in [0.29, 0.717) is 5.38 Å². The first-order valence-electron chi connectivity index (χ1n) is 6.00. The third-order valence-corrected chi connectivity index (χ3v) is 3.97. The van der Waals surface area contributed by atoms with Crippen LogP contribution in [0, 0.1) is 5.92 Å².